The first-order valence-electron chi connectivity index (χ1n) is 37.3. The second-order valence-electron chi connectivity index (χ2n) is 26.6. The van der Waals surface area contributed by atoms with E-state index in [0.29, 0.717) is 0 Å². The number of rotatable bonds is 23. The van der Waals surface area contributed by atoms with Crippen LogP contribution in [0.25, 0.3) is 66.8 Å². The van der Waals surface area contributed by atoms with E-state index in [0.717, 1.165) is 49.7 Å². The first-order chi connectivity index (χ1) is 49.8. The normalized spacial score (nSPS) is 10.5. The zero-order valence-electron chi connectivity index (χ0n) is 62.7. The van der Waals surface area contributed by atoms with Gasteiger partial charge in [0, 0.05) is 0 Å². The second-order valence-corrected chi connectivity index (χ2v) is 26.6. The Kier molecular flexibility index (Phi) is 35.0. The van der Waals surface area contributed by atoms with Crippen LogP contribution in [0, 0.1) is 27.7 Å². The zero-order chi connectivity index (χ0) is 72.5. The molecule has 0 aliphatic carbocycles. The van der Waals surface area contributed by atoms with Crippen LogP contribution in [0.2, 0.25) is 0 Å². The van der Waals surface area contributed by atoms with Crippen molar-refractivity contribution in [1.29, 1.82) is 0 Å². The molecule has 0 aliphatic heterocycles. The summed E-state index contributed by atoms with van der Waals surface area (Å²) in [4.78, 5) is 0. The van der Waals surface area contributed by atoms with Crippen LogP contribution in [0.3, 0.4) is 0 Å². The van der Waals surface area contributed by atoms with Gasteiger partial charge in [-0.1, -0.05) is 385 Å². The molecule has 0 saturated heterocycles. The lowest BCUT2D eigenvalue weighted by Gasteiger charge is -2.05. The van der Waals surface area contributed by atoms with Crippen molar-refractivity contribution in [3.8, 4) is 66.8 Å². The third-order valence-electron chi connectivity index (χ3n) is 18.2. The van der Waals surface area contributed by atoms with E-state index < -0.39 is 0 Å². The fourth-order valence-corrected chi connectivity index (χ4v) is 11.7. The van der Waals surface area contributed by atoms with E-state index >= 15 is 0 Å². The van der Waals surface area contributed by atoms with Crippen LogP contribution >= 0.6 is 0 Å². The monoisotopic (exact) mass is 1340 g/mol. The summed E-state index contributed by atoms with van der Waals surface area (Å²) in [7, 11) is 0. The van der Waals surface area contributed by atoms with Crippen LogP contribution in [0.5, 0.6) is 0 Å². The van der Waals surface area contributed by atoms with Gasteiger partial charge in [-0.25, -0.2) is 0 Å². The first kappa shape index (κ1) is 79.4. The minimum absolute atomic E-state index is 0.107. The molecule has 0 radical (unpaired) electrons. The molecule has 12 aromatic rings. The second kappa shape index (κ2) is 45.0. The molecule has 0 unspecified atom stereocenters. The molecule has 0 fully saturated rings. The van der Waals surface area contributed by atoms with Crippen LogP contribution in [0.4, 0.5) is 0 Å². The molecule has 0 atom stereocenters. The Morgan fingerprint density at radius 1 is 0.245 bits per heavy atom. The number of allylic oxidation sites excluding steroid dienone is 3. The van der Waals surface area contributed by atoms with Crippen molar-refractivity contribution in [3.63, 3.8) is 0 Å². The summed E-state index contributed by atoms with van der Waals surface area (Å²) < 4.78 is 0. The van der Waals surface area contributed by atoms with Crippen molar-refractivity contribution < 1.29 is 10.2 Å². The van der Waals surface area contributed by atoms with E-state index in [1.165, 1.54) is 167 Å². The Balaban J connectivity index is 0.000000172. The Bertz CT molecular complexity index is 4240. The standard InChI is InChI=1S/C18H22O.C18H20.C17H18.C16H18O.C16H18.C15H16/c1-2-3-4-5-15-6-10-17(11-7-15)18-12-8-16(14-19)9-13-18;1-3-4-5-6-16-9-13-18(14-10-16)17-11-7-15(2)8-12-17;1-3-4-5-15-8-12-17(13-9-15)16-10-6-14(2)7-11-16;1-2-3-13-4-8-15(9-5-13)16-10-6-14(12-17)7-11-16;1-3-4-14-7-11-16(12-8-14)15-9-5-13(2)6-10-15;1-3-13-6-10-15(11-7-13)14-8-4-12(2)5-9-14/h6-13,19H,2-5,14H2,1H3;3-4,7-14H,5-6H2,1-2H3;3,6-13H,1,4-5H2,2H3;4-11,17H,2-3,12H2,1H3;5-12H,3-4H2,1-2H3;4-11H,3H2,1-2H3/b;4-3+;;;;. The van der Waals surface area contributed by atoms with Crippen LogP contribution < -0.4 is 0 Å². The average molecular weight is 1350 g/mol. The molecular weight excluding hydrogens is 1230 g/mol. The maximum absolute atomic E-state index is 9.04. The number of hydrogen-bond donors (Lipinski definition) is 2. The highest BCUT2D eigenvalue weighted by Gasteiger charge is 2.05. The third-order valence-corrected chi connectivity index (χ3v) is 18.2. The number of unbranched alkanes of at least 4 members (excludes halogenated alkanes) is 2. The fraction of sp³-hybridized carbons (Fsp3) is 0.240. The third kappa shape index (κ3) is 27.9. The smallest absolute Gasteiger partial charge is 0.0681 e. The molecule has 12 aromatic carbocycles. The van der Waals surface area contributed by atoms with Gasteiger partial charge >= 0.3 is 0 Å². The van der Waals surface area contributed by atoms with Crippen molar-refractivity contribution in [2.75, 3.05) is 0 Å². The molecule has 0 heterocycles. The predicted molar refractivity (Wildman–Crippen MR) is 444 cm³/mol. The fourth-order valence-electron chi connectivity index (χ4n) is 11.7. The van der Waals surface area contributed by atoms with E-state index in [1.807, 2.05) is 30.3 Å². The molecule has 0 bridgehead atoms. The topological polar surface area (TPSA) is 40.5 Å². The van der Waals surface area contributed by atoms with E-state index in [-0.39, 0.29) is 13.2 Å². The maximum Gasteiger partial charge on any atom is 0.0681 e. The van der Waals surface area contributed by atoms with Crippen molar-refractivity contribution >= 4 is 0 Å². The largest absolute Gasteiger partial charge is 0.392 e. The van der Waals surface area contributed by atoms with E-state index in [9.17, 15) is 0 Å². The van der Waals surface area contributed by atoms with E-state index in [4.69, 9.17) is 10.2 Å². The highest BCUT2D eigenvalue weighted by Crippen LogP contribution is 2.27. The van der Waals surface area contributed by atoms with Crippen LogP contribution in [0.15, 0.2) is 316 Å². The van der Waals surface area contributed by atoms with Crippen molar-refractivity contribution in [2.24, 2.45) is 0 Å². The quantitative estimate of drug-likeness (QED) is 0.0495. The molecule has 524 valence electrons. The Labute approximate surface area is 615 Å². The van der Waals surface area contributed by atoms with Gasteiger partial charge in [0.15, 0.2) is 0 Å². The molecule has 0 aliphatic rings. The summed E-state index contributed by atoms with van der Waals surface area (Å²) in [5.41, 5.74) is 30.8. The number of benzene rings is 12. The SMILES string of the molecule is C/C=C/CCc1ccc(-c2ccc(C)cc2)cc1.C=CCCc1ccc(-c2ccc(C)cc2)cc1.CCCCCc1ccc(-c2ccc(CO)cc2)cc1.CCCc1ccc(-c2ccc(C)cc2)cc1.CCCc1ccc(-c2ccc(CO)cc2)cc1.CCc1ccc(-c2ccc(C)cc2)cc1. The van der Waals surface area contributed by atoms with Crippen molar-refractivity contribution in [1.82, 2.24) is 0 Å². The number of aliphatic hydroxyl groups is 2. The van der Waals surface area contributed by atoms with Gasteiger partial charge in [-0.2, -0.15) is 0 Å². The van der Waals surface area contributed by atoms with Gasteiger partial charge in [0.1, 0.15) is 0 Å². The number of aliphatic hydroxyl groups excluding tert-OH is 2. The summed E-state index contributed by atoms with van der Waals surface area (Å²) in [6, 6.07) is 104. The molecule has 0 aromatic heterocycles. The molecule has 0 spiro atoms. The van der Waals surface area contributed by atoms with Gasteiger partial charge in [0.25, 0.3) is 0 Å². The molecule has 2 N–H and O–H groups in total. The van der Waals surface area contributed by atoms with Crippen LogP contribution in [-0.2, 0) is 51.7 Å². The first-order valence-corrected chi connectivity index (χ1v) is 37.3. The van der Waals surface area contributed by atoms with Gasteiger partial charge in [-0.15, -0.1) is 6.58 Å². The molecule has 0 amide bonds. The number of hydrogen-bond acceptors (Lipinski definition) is 2. The van der Waals surface area contributed by atoms with Crippen molar-refractivity contribution in [3.05, 3.63) is 383 Å². The van der Waals surface area contributed by atoms with Crippen molar-refractivity contribution in [2.45, 2.75) is 159 Å². The van der Waals surface area contributed by atoms with Gasteiger partial charge in [0.2, 0.25) is 0 Å². The summed E-state index contributed by atoms with van der Waals surface area (Å²) in [6.07, 6.45) is 21.5. The van der Waals surface area contributed by atoms with Gasteiger partial charge in [-0.3, -0.25) is 0 Å². The van der Waals surface area contributed by atoms with Crippen LogP contribution in [0.1, 0.15) is 146 Å². The lowest BCUT2D eigenvalue weighted by atomic mass is 10.0. The van der Waals surface area contributed by atoms with Gasteiger partial charge in [-0.05, 0) is 204 Å². The summed E-state index contributed by atoms with van der Waals surface area (Å²) in [5, 5.41) is 18.0. The highest BCUT2D eigenvalue weighted by atomic mass is 16.3. The molecular formula is C100H112O2. The Hall–Kier alpha value is -9.96. The highest BCUT2D eigenvalue weighted by molar-refractivity contribution is 5.68. The molecule has 2 heteroatoms. The summed E-state index contributed by atoms with van der Waals surface area (Å²) in [5.74, 6) is 0. The maximum atomic E-state index is 9.04. The molecule has 102 heavy (non-hydrogen) atoms. The summed E-state index contributed by atoms with van der Waals surface area (Å²) in [6.45, 7) is 23.3. The van der Waals surface area contributed by atoms with Crippen LogP contribution in [-0.4, -0.2) is 10.2 Å². The summed E-state index contributed by atoms with van der Waals surface area (Å²) >= 11 is 0. The zero-order valence-corrected chi connectivity index (χ0v) is 62.7. The lowest BCUT2D eigenvalue weighted by Crippen LogP contribution is -1.86. The van der Waals surface area contributed by atoms with E-state index in [1.54, 1.807) is 0 Å². The molecule has 0 saturated carbocycles. The lowest BCUT2D eigenvalue weighted by molar-refractivity contribution is 0.281. The Morgan fingerprint density at radius 2 is 0.461 bits per heavy atom. The molecule has 2 nitrogen and oxygen atoms in total. The Morgan fingerprint density at radius 3 is 0.676 bits per heavy atom. The number of aryl methyl sites for hydroxylation is 10. The van der Waals surface area contributed by atoms with Gasteiger partial charge in [0.05, 0.1) is 13.2 Å². The minimum atomic E-state index is 0.107. The predicted octanol–water partition coefficient (Wildman–Crippen LogP) is 27.2. The minimum Gasteiger partial charge on any atom is -0.392 e. The average Bonchev–Trinajstić information content (AvgIpc) is 0.952. The molecule has 12 rings (SSSR count). The van der Waals surface area contributed by atoms with E-state index in [2.05, 4.69) is 348 Å². The van der Waals surface area contributed by atoms with Gasteiger partial charge < -0.3 is 10.2 Å².